The maximum absolute atomic E-state index is 11.5. The summed E-state index contributed by atoms with van der Waals surface area (Å²) in [6.45, 7) is 2.41. The minimum absolute atomic E-state index is 0.0264. The highest BCUT2D eigenvalue weighted by Crippen LogP contribution is 2.18. The number of ether oxygens (including phenoxy) is 1. The molecule has 0 aliphatic carbocycles. The van der Waals surface area contributed by atoms with Crippen molar-refractivity contribution < 1.29 is 9.53 Å². The van der Waals surface area contributed by atoms with Crippen molar-refractivity contribution in [2.75, 3.05) is 27.2 Å². The van der Waals surface area contributed by atoms with E-state index in [0.717, 1.165) is 38.4 Å². The van der Waals surface area contributed by atoms with Crippen molar-refractivity contribution in [1.82, 2.24) is 10.2 Å². The van der Waals surface area contributed by atoms with E-state index in [9.17, 15) is 4.79 Å². The van der Waals surface area contributed by atoms with Crippen molar-refractivity contribution in [3.8, 4) is 0 Å². The molecular formula is C16H23N3O2. The summed E-state index contributed by atoms with van der Waals surface area (Å²) in [6.07, 6.45) is 1.64. The van der Waals surface area contributed by atoms with Gasteiger partial charge in [0.05, 0.1) is 13.0 Å². The number of esters is 1. The van der Waals surface area contributed by atoms with Crippen LogP contribution in [0.2, 0.25) is 0 Å². The van der Waals surface area contributed by atoms with Gasteiger partial charge in [0, 0.05) is 26.7 Å². The smallest absolute Gasteiger partial charge is 0.308 e. The summed E-state index contributed by atoms with van der Waals surface area (Å²) in [7, 11) is 3.24. The molecule has 1 fully saturated rings. The van der Waals surface area contributed by atoms with Crippen LogP contribution >= 0.6 is 0 Å². The third-order valence-electron chi connectivity index (χ3n) is 3.83. The Morgan fingerprint density at radius 3 is 2.57 bits per heavy atom. The Hall–Kier alpha value is -2.04. The van der Waals surface area contributed by atoms with Crippen molar-refractivity contribution in [3.05, 3.63) is 35.9 Å². The number of hydrogen-bond donors (Lipinski definition) is 1. The fraction of sp³-hybridized carbons (Fsp3) is 0.500. The van der Waals surface area contributed by atoms with Gasteiger partial charge < -0.3 is 15.0 Å². The summed E-state index contributed by atoms with van der Waals surface area (Å²) >= 11 is 0. The van der Waals surface area contributed by atoms with Crippen molar-refractivity contribution in [2.45, 2.75) is 19.4 Å². The van der Waals surface area contributed by atoms with Crippen LogP contribution in [-0.4, -0.2) is 44.1 Å². The molecule has 1 aromatic carbocycles. The fourth-order valence-corrected chi connectivity index (χ4v) is 2.60. The maximum atomic E-state index is 11.5. The van der Waals surface area contributed by atoms with Gasteiger partial charge in [0.1, 0.15) is 0 Å². The quantitative estimate of drug-likeness (QED) is 0.522. The zero-order chi connectivity index (χ0) is 15.1. The topological polar surface area (TPSA) is 53.9 Å². The zero-order valence-electron chi connectivity index (χ0n) is 12.7. The average molecular weight is 289 g/mol. The minimum atomic E-state index is -0.0955. The first kappa shape index (κ1) is 15.4. The van der Waals surface area contributed by atoms with Gasteiger partial charge in [0.15, 0.2) is 5.96 Å². The van der Waals surface area contributed by atoms with Crippen molar-refractivity contribution in [2.24, 2.45) is 10.9 Å². The van der Waals surface area contributed by atoms with Gasteiger partial charge in [-0.2, -0.15) is 0 Å². The van der Waals surface area contributed by atoms with Crippen LogP contribution in [0.3, 0.4) is 0 Å². The van der Waals surface area contributed by atoms with Crippen LogP contribution in [0.5, 0.6) is 0 Å². The Morgan fingerprint density at radius 1 is 1.33 bits per heavy atom. The third kappa shape index (κ3) is 4.21. The molecule has 2 rings (SSSR count). The molecule has 1 heterocycles. The molecule has 0 amide bonds. The Bertz CT molecular complexity index is 480. The number of rotatable bonds is 3. The summed E-state index contributed by atoms with van der Waals surface area (Å²) in [4.78, 5) is 18.1. The minimum Gasteiger partial charge on any atom is -0.469 e. The third-order valence-corrected chi connectivity index (χ3v) is 3.83. The van der Waals surface area contributed by atoms with Crippen LogP contribution in [0, 0.1) is 5.92 Å². The fourth-order valence-electron chi connectivity index (χ4n) is 2.60. The second kappa shape index (κ2) is 7.67. The number of carbonyl (C=O) groups is 1. The zero-order valence-corrected chi connectivity index (χ0v) is 12.7. The molecule has 5 heteroatoms. The van der Waals surface area contributed by atoms with E-state index in [4.69, 9.17) is 4.74 Å². The molecule has 0 aromatic heterocycles. The number of carbonyl (C=O) groups excluding carboxylic acids is 1. The molecule has 0 atom stereocenters. The van der Waals surface area contributed by atoms with Crippen molar-refractivity contribution in [1.29, 1.82) is 0 Å². The molecule has 5 nitrogen and oxygen atoms in total. The van der Waals surface area contributed by atoms with E-state index >= 15 is 0 Å². The van der Waals surface area contributed by atoms with Gasteiger partial charge in [0.2, 0.25) is 0 Å². The SMILES string of the molecule is CN=C(NCc1ccccc1)N1CCC(C(=O)OC)CC1. The van der Waals surface area contributed by atoms with Gasteiger partial charge >= 0.3 is 5.97 Å². The number of aliphatic imine (C=N–C) groups is 1. The first-order valence-electron chi connectivity index (χ1n) is 7.32. The lowest BCUT2D eigenvalue weighted by molar-refractivity contribution is -0.146. The molecule has 0 unspecified atom stereocenters. The monoisotopic (exact) mass is 289 g/mol. The predicted molar refractivity (Wildman–Crippen MR) is 83.0 cm³/mol. The summed E-state index contributed by atoms with van der Waals surface area (Å²) in [6, 6.07) is 10.2. The van der Waals surface area contributed by atoms with E-state index < -0.39 is 0 Å². The molecule has 1 aromatic rings. The summed E-state index contributed by atoms with van der Waals surface area (Å²) in [5.41, 5.74) is 1.23. The molecular weight excluding hydrogens is 266 g/mol. The summed E-state index contributed by atoms with van der Waals surface area (Å²) < 4.78 is 4.81. The average Bonchev–Trinajstić information content (AvgIpc) is 2.56. The number of hydrogen-bond acceptors (Lipinski definition) is 3. The summed E-state index contributed by atoms with van der Waals surface area (Å²) in [5.74, 6) is 0.822. The van der Waals surface area contributed by atoms with Crippen LogP contribution in [0.1, 0.15) is 18.4 Å². The lowest BCUT2D eigenvalue weighted by atomic mass is 9.97. The summed E-state index contributed by atoms with van der Waals surface area (Å²) in [5, 5.41) is 3.37. The standard InChI is InChI=1S/C16H23N3O2/c1-17-16(18-12-13-6-4-3-5-7-13)19-10-8-14(9-11-19)15(20)21-2/h3-7,14H,8-12H2,1-2H3,(H,17,18). The molecule has 1 aliphatic heterocycles. The number of benzene rings is 1. The Kier molecular flexibility index (Phi) is 5.60. The van der Waals surface area contributed by atoms with Gasteiger partial charge in [-0.15, -0.1) is 0 Å². The van der Waals surface area contributed by atoms with Gasteiger partial charge in [-0.3, -0.25) is 9.79 Å². The molecule has 21 heavy (non-hydrogen) atoms. The van der Waals surface area contributed by atoms with Gasteiger partial charge in [-0.05, 0) is 18.4 Å². The van der Waals surface area contributed by atoms with E-state index in [0.29, 0.717) is 0 Å². The van der Waals surface area contributed by atoms with E-state index in [1.54, 1.807) is 7.05 Å². The molecule has 114 valence electrons. The van der Waals surface area contributed by atoms with Crippen LogP contribution < -0.4 is 5.32 Å². The number of piperidine rings is 1. The van der Waals surface area contributed by atoms with Crippen LogP contribution in [-0.2, 0) is 16.1 Å². The largest absolute Gasteiger partial charge is 0.469 e. The molecule has 1 aliphatic rings. The van der Waals surface area contributed by atoms with E-state index in [2.05, 4.69) is 27.3 Å². The molecule has 0 saturated carbocycles. The highest BCUT2D eigenvalue weighted by molar-refractivity contribution is 5.80. The van der Waals surface area contributed by atoms with E-state index in [-0.39, 0.29) is 11.9 Å². The number of guanidine groups is 1. The highest BCUT2D eigenvalue weighted by Gasteiger charge is 2.26. The molecule has 1 saturated heterocycles. The van der Waals surface area contributed by atoms with E-state index in [1.807, 2.05) is 18.2 Å². The molecule has 0 radical (unpaired) electrons. The normalized spacial score (nSPS) is 16.7. The van der Waals surface area contributed by atoms with Crippen LogP contribution in [0.4, 0.5) is 0 Å². The van der Waals surface area contributed by atoms with Gasteiger partial charge in [-0.1, -0.05) is 30.3 Å². The Labute approximate surface area is 126 Å². The number of methoxy groups -OCH3 is 1. The highest BCUT2D eigenvalue weighted by atomic mass is 16.5. The molecule has 0 bridgehead atoms. The number of likely N-dealkylation sites (tertiary alicyclic amines) is 1. The predicted octanol–water partition coefficient (Wildman–Crippen LogP) is 1.65. The first-order chi connectivity index (χ1) is 10.2. The lowest BCUT2D eigenvalue weighted by Crippen LogP contribution is -2.46. The Morgan fingerprint density at radius 2 is 2.00 bits per heavy atom. The maximum Gasteiger partial charge on any atom is 0.308 e. The first-order valence-corrected chi connectivity index (χ1v) is 7.32. The van der Waals surface area contributed by atoms with Crippen LogP contribution in [0.25, 0.3) is 0 Å². The lowest BCUT2D eigenvalue weighted by Gasteiger charge is -2.33. The number of nitrogens with one attached hydrogen (secondary N) is 1. The van der Waals surface area contributed by atoms with Crippen molar-refractivity contribution >= 4 is 11.9 Å². The van der Waals surface area contributed by atoms with Gasteiger partial charge in [0.25, 0.3) is 0 Å². The second-order valence-corrected chi connectivity index (χ2v) is 5.17. The van der Waals surface area contributed by atoms with E-state index in [1.165, 1.54) is 12.7 Å². The molecule has 1 N–H and O–H groups in total. The van der Waals surface area contributed by atoms with Gasteiger partial charge in [-0.25, -0.2) is 0 Å². The van der Waals surface area contributed by atoms with Crippen LogP contribution in [0.15, 0.2) is 35.3 Å². The van der Waals surface area contributed by atoms with Crippen molar-refractivity contribution in [3.63, 3.8) is 0 Å². The second-order valence-electron chi connectivity index (χ2n) is 5.17. The number of nitrogens with zero attached hydrogens (tertiary/aromatic N) is 2. The molecule has 0 spiro atoms. The Balaban J connectivity index is 1.84.